The number of nitrogens with zero attached hydrogens (tertiary/aromatic N) is 2. The van der Waals surface area contributed by atoms with Crippen molar-refractivity contribution in [1.29, 1.82) is 0 Å². The summed E-state index contributed by atoms with van der Waals surface area (Å²) >= 11 is 0. The molecule has 0 aromatic heterocycles. The van der Waals surface area contributed by atoms with Crippen molar-refractivity contribution in [1.82, 2.24) is 20.9 Å². The van der Waals surface area contributed by atoms with Gasteiger partial charge in [-0.05, 0) is 27.8 Å². The first-order valence-corrected chi connectivity index (χ1v) is 7.21. The average Bonchev–Trinajstić information content (AvgIpc) is 2.38. The zero-order chi connectivity index (χ0) is 16.3. The summed E-state index contributed by atoms with van der Waals surface area (Å²) < 4.78 is 5.02. The summed E-state index contributed by atoms with van der Waals surface area (Å²) in [7, 11) is 5.42. The minimum atomic E-state index is -0.222. The number of methoxy groups -OCH3 is 1. The number of ether oxygens (including phenoxy) is 1. The fourth-order valence-electron chi connectivity index (χ4n) is 1.57. The molecule has 0 aliphatic heterocycles. The second-order valence-electron chi connectivity index (χ2n) is 5.95. The Morgan fingerprint density at radius 2 is 1.86 bits per heavy atom. The van der Waals surface area contributed by atoms with Crippen LogP contribution >= 0.6 is 24.0 Å². The Kier molecular flexibility index (Phi) is 13.9. The normalized spacial score (nSPS) is 11.9. The molecule has 0 atom stereocenters. The van der Waals surface area contributed by atoms with Gasteiger partial charge < -0.3 is 25.6 Å². The first kappa shape index (κ1) is 23.7. The number of carbonyl (C=O) groups is 1. The van der Waals surface area contributed by atoms with Crippen molar-refractivity contribution in [2.75, 3.05) is 54.0 Å². The third-order valence-electron chi connectivity index (χ3n) is 2.62. The van der Waals surface area contributed by atoms with Crippen molar-refractivity contribution in [2.24, 2.45) is 4.99 Å². The molecule has 3 N–H and O–H groups in total. The predicted octanol–water partition coefficient (Wildman–Crippen LogP) is 0.262. The number of guanidine groups is 1. The van der Waals surface area contributed by atoms with E-state index in [2.05, 4.69) is 25.8 Å². The van der Waals surface area contributed by atoms with E-state index in [0.717, 1.165) is 26.2 Å². The molecule has 0 rings (SSSR count). The molecular weight excluding hydrogens is 397 g/mol. The lowest BCUT2D eigenvalue weighted by molar-refractivity contribution is -0.121. The molecule has 8 heteroatoms. The maximum atomic E-state index is 11.7. The molecule has 0 fully saturated rings. The average molecular weight is 429 g/mol. The van der Waals surface area contributed by atoms with Gasteiger partial charge in [0.1, 0.15) is 0 Å². The van der Waals surface area contributed by atoms with E-state index in [0.29, 0.717) is 5.96 Å². The van der Waals surface area contributed by atoms with Gasteiger partial charge in [0.05, 0.1) is 13.2 Å². The van der Waals surface area contributed by atoms with Gasteiger partial charge in [-0.1, -0.05) is 0 Å². The summed E-state index contributed by atoms with van der Waals surface area (Å²) in [5.41, 5.74) is -0.222. The summed E-state index contributed by atoms with van der Waals surface area (Å²) in [6.45, 7) is 9.29. The molecule has 0 bridgehead atoms. The molecule has 0 saturated carbocycles. The van der Waals surface area contributed by atoms with Crippen LogP contribution in [0.15, 0.2) is 4.99 Å². The molecule has 1 amide bonds. The van der Waals surface area contributed by atoms with Crippen LogP contribution in [0.4, 0.5) is 0 Å². The number of halogens is 1. The molecule has 22 heavy (non-hydrogen) atoms. The van der Waals surface area contributed by atoms with Gasteiger partial charge >= 0.3 is 0 Å². The molecular formula is C14H32IN5O2. The first-order chi connectivity index (χ1) is 9.78. The number of amides is 1. The van der Waals surface area contributed by atoms with Crippen LogP contribution in [-0.2, 0) is 9.53 Å². The van der Waals surface area contributed by atoms with E-state index >= 15 is 0 Å². The molecule has 0 aliphatic carbocycles. The number of aliphatic imine (C=N–C) groups is 1. The van der Waals surface area contributed by atoms with E-state index < -0.39 is 0 Å². The minimum Gasteiger partial charge on any atom is -0.383 e. The van der Waals surface area contributed by atoms with Crippen LogP contribution < -0.4 is 16.0 Å². The highest BCUT2D eigenvalue weighted by atomic mass is 127. The van der Waals surface area contributed by atoms with Gasteiger partial charge in [0.25, 0.3) is 0 Å². The number of rotatable bonds is 8. The van der Waals surface area contributed by atoms with Gasteiger partial charge in [0, 0.05) is 39.3 Å². The van der Waals surface area contributed by atoms with E-state index in [1.165, 1.54) is 0 Å². The standard InChI is InChI=1S/C14H31N5O2.HI/c1-14(2,3)18-12(20)11-17-13(15-4)16-7-8-19(5)9-10-21-6;/h7-11H2,1-6H3,(H,18,20)(H2,15,16,17);1H. The number of likely N-dealkylation sites (N-methyl/N-ethyl adjacent to an activating group) is 1. The molecule has 0 aromatic carbocycles. The maximum Gasteiger partial charge on any atom is 0.239 e. The minimum absolute atomic E-state index is 0. The molecule has 0 radical (unpaired) electrons. The lowest BCUT2D eigenvalue weighted by Gasteiger charge is -2.21. The van der Waals surface area contributed by atoms with E-state index in [1.54, 1.807) is 14.2 Å². The van der Waals surface area contributed by atoms with Crippen molar-refractivity contribution in [3.63, 3.8) is 0 Å². The molecule has 7 nitrogen and oxygen atoms in total. The molecule has 0 heterocycles. The Hall–Kier alpha value is -0.610. The fraction of sp³-hybridized carbons (Fsp3) is 0.857. The molecule has 0 unspecified atom stereocenters. The number of hydrogen-bond acceptors (Lipinski definition) is 4. The van der Waals surface area contributed by atoms with Crippen LogP contribution in [0.3, 0.4) is 0 Å². The van der Waals surface area contributed by atoms with Crippen molar-refractivity contribution in [3.05, 3.63) is 0 Å². The van der Waals surface area contributed by atoms with Crippen molar-refractivity contribution >= 4 is 35.8 Å². The van der Waals surface area contributed by atoms with Crippen LogP contribution in [0.5, 0.6) is 0 Å². The Bertz CT molecular complexity index is 332. The second-order valence-corrected chi connectivity index (χ2v) is 5.95. The number of nitrogens with one attached hydrogen (secondary N) is 3. The second kappa shape index (κ2) is 12.9. The largest absolute Gasteiger partial charge is 0.383 e. The van der Waals surface area contributed by atoms with Crippen molar-refractivity contribution in [2.45, 2.75) is 26.3 Å². The first-order valence-electron chi connectivity index (χ1n) is 7.21. The quantitative estimate of drug-likeness (QED) is 0.293. The lowest BCUT2D eigenvalue weighted by atomic mass is 10.1. The Balaban J connectivity index is 0. The summed E-state index contributed by atoms with van der Waals surface area (Å²) in [6, 6.07) is 0. The summed E-state index contributed by atoms with van der Waals surface area (Å²) in [4.78, 5) is 18.0. The van der Waals surface area contributed by atoms with Crippen LogP contribution in [0.2, 0.25) is 0 Å². The van der Waals surface area contributed by atoms with Crippen LogP contribution in [0, 0.1) is 0 Å². The molecule has 0 aliphatic rings. The van der Waals surface area contributed by atoms with Crippen LogP contribution in [0.1, 0.15) is 20.8 Å². The van der Waals surface area contributed by atoms with Crippen molar-refractivity contribution < 1.29 is 9.53 Å². The molecule has 0 spiro atoms. The monoisotopic (exact) mass is 429 g/mol. The van der Waals surface area contributed by atoms with Crippen LogP contribution in [0.25, 0.3) is 0 Å². The highest BCUT2D eigenvalue weighted by Gasteiger charge is 2.13. The Morgan fingerprint density at radius 3 is 2.36 bits per heavy atom. The van der Waals surface area contributed by atoms with E-state index in [1.807, 2.05) is 27.8 Å². The summed E-state index contributed by atoms with van der Waals surface area (Å²) in [6.07, 6.45) is 0. The lowest BCUT2D eigenvalue weighted by Crippen LogP contribution is -2.48. The van der Waals surface area contributed by atoms with Gasteiger partial charge in [-0.25, -0.2) is 0 Å². The van der Waals surface area contributed by atoms with Gasteiger partial charge in [-0.2, -0.15) is 0 Å². The Labute approximate surface area is 151 Å². The van der Waals surface area contributed by atoms with Gasteiger partial charge in [0.2, 0.25) is 5.91 Å². The van der Waals surface area contributed by atoms with Gasteiger partial charge in [-0.3, -0.25) is 9.79 Å². The third kappa shape index (κ3) is 14.3. The zero-order valence-corrected chi connectivity index (χ0v) is 17.0. The van der Waals surface area contributed by atoms with Gasteiger partial charge in [-0.15, -0.1) is 24.0 Å². The van der Waals surface area contributed by atoms with E-state index in [-0.39, 0.29) is 42.0 Å². The number of carbonyl (C=O) groups excluding carboxylic acids is 1. The third-order valence-corrected chi connectivity index (χ3v) is 2.62. The van der Waals surface area contributed by atoms with E-state index in [9.17, 15) is 4.79 Å². The van der Waals surface area contributed by atoms with Crippen molar-refractivity contribution in [3.8, 4) is 0 Å². The summed E-state index contributed by atoms with van der Waals surface area (Å²) in [5.74, 6) is 0.571. The zero-order valence-electron chi connectivity index (χ0n) is 14.7. The fourth-order valence-corrected chi connectivity index (χ4v) is 1.57. The van der Waals surface area contributed by atoms with E-state index in [4.69, 9.17) is 4.74 Å². The van der Waals surface area contributed by atoms with Crippen LogP contribution in [-0.4, -0.2) is 76.3 Å². The topological polar surface area (TPSA) is 78.0 Å². The van der Waals surface area contributed by atoms with Gasteiger partial charge in [0.15, 0.2) is 5.96 Å². The molecule has 0 aromatic rings. The molecule has 0 saturated heterocycles. The maximum absolute atomic E-state index is 11.7. The highest BCUT2D eigenvalue weighted by Crippen LogP contribution is 1.96. The Morgan fingerprint density at radius 1 is 1.23 bits per heavy atom. The SMILES string of the molecule is CN=C(NCCN(C)CCOC)NCC(=O)NC(C)(C)C.I. The highest BCUT2D eigenvalue weighted by molar-refractivity contribution is 14.0. The smallest absolute Gasteiger partial charge is 0.239 e. The predicted molar refractivity (Wildman–Crippen MR) is 102 cm³/mol. The summed E-state index contributed by atoms with van der Waals surface area (Å²) in [5, 5.41) is 9.05. The number of hydrogen-bond donors (Lipinski definition) is 3. The molecule has 132 valence electrons.